The van der Waals surface area contributed by atoms with Gasteiger partial charge in [0.1, 0.15) is 0 Å². The predicted molar refractivity (Wildman–Crippen MR) is 57.2 cm³/mol. The summed E-state index contributed by atoms with van der Waals surface area (Å²) in [6.07, 6.45) is 0.689. The van der Waals surface area contributed by atoms with Gasteiger partial charge in [0, 0.05) is 12.6 Å². The topological polar surface area (TPSA) is 49.4 Å². The van der Waals surface area contributed by atoms with E-state index >= 15 is 0 Å². The summed E-state index contributed by atoms with van der Waals surface area (Å²) in [4.78, 5) is 24.4. The number of rotatable bonds is 2. The number of hydrogen-bond acceptors (Lipinski definition) is 3. The van der Waals surface area contributed by atoms with Gasteiger partial charge in [-0.1, -0.05) is 6.92 Å². The number of thiol groups is 1. The first-order valence-corrected chi connectivity index (χ1v) is 5.32. The summed E-state index contributed by atoms with van der Waals surface area (Å²) in [5, 5.41) is 2.48. The van der Waals surface area contributed by atoms with Crippen LogP contribution in [-0.4, -0.2) is 41.1 Å². The van der Waals surface area contributed by atoms with Gasteiger partial charge in [0.25, 0.3) is 0 Å². The molecule has 5 heteroatoms. The van der Waals surface area contributed by atoms with Gasteiger partial charge in [-0.05, 0) is 13.3 Å². The van der Waals surface area contributed by atoms with Crippen molar-refractivity contribution in [2.24, 2.45) is 0 Å². The van der Waals surface area contributed by atoms with Gasteiger partial charge in [-0.3, -0.25) is 9.59 Å². The molecule has 1 rings (SSSR count). The molecule has 0 aromatic carbocycles. The third-order valence-electron chi connectivity index (χ3n) is 2.22. The highest BCUT2D eigenvalue weighted by Gasteiger charge is 2.27. The molecule has 0 aliphatic carbocycles. The van der Waals surface area contributed by atoms with Crippen LogP contribution in [0.2, 0.25) is 0 Å². The molecule has 1 N–H and O–H groups in total. The van der Waals surface area contributed by atoms with Crippen LogP contribution in [0.25, 0.3) is 0 Å². The molecule has 0 bridgehead atoms. The van der Waals surface area contributed by atoms with Crippen molar-refractivity contribution in [2.75, 3.05) is 13.1 Å². The normalized spacial score (nSPS) is 24.4. The number of amides is 2. The maximum absolute atomic E-state index is 11.7. The van der Waals surface area contributed by atoms with E-state index in [1.807, 2.05) is 13.8 Å². The summed E-state index contributed by atoms with van der Waals surface area (Å²) in [5.74, 6) is -0.133. The minimum Gasteiger partial charge on any atom is -0.350 e. The molecule has 0 radical (unpaired) electrons. The SMILES string of the molecule is CCC(S)C(=O)N1CC(=O)NC(C)C1. The largest absolute Gasteiger partial charge is 0.350 e. The van der Waals surface area contributed by atoms with E-state index in [4.69, 9.17) is 0 Å². The fourth-order valence-electron chi connectivity index (χ4n) is 1.49. The van der Waals surface area contributed by atoms with E-state index in [0.29, 0.717) is 13.0 Å². The van der Waals surface area contributed by atoms with Crippen molar-refractivity contribution >= 4 is 24.4 Å². The Hall–Kier alpha value is -0.710. The lowest BCUT2D eigenvalue weighted by atomic mass is 10.2. The predicted octanol–water partition coefficient (Wildman–Crippen LogP) is 0.0417. The van der Waals surface area contributed by atoms with Gasteiger partial charge in [-0.2, -0.15) is 12.6 Å². The van der Waals surface area contributed by atoms with Crippen molar-refractivity contribution in [3.8, 4) is 0 Å². The Bertz CT molecular complexity index is 245. The monoisotopic (exact) mass is 216 g/mol. The summed E-state index contributed by atoms with van der Waals surface area (Å²) >= 11 is 4.17. The number of carbonyl (C=O) groups is 2. The Labute approximate surface area is 89.4 Å². The fraction of sp³-hybridized carbons (Fsp3) is 0.778. The minimum atomic E-state index is -0.284. The maximum atomic E-state index is 11.7. The lowest BCUT2D eigenvalue weighted by Crippen LogP contribution is -2.56. The summed E-state index contributed by atoms with van der Waals surface area (Å²) < 4.78 is 0. The zero-order chi connectivity index (χ0) is 10.7. The molecule has 80 valence electrons. The van der Waals surface area contributed by atoms with Crippen LogP contribution in [0.15, 0.2) is 0 Å². The lowest BCUT2D eigenvalue weighted by Gasteiger charge is -2.32. The van der Waals surface area contributed by atoms with E-state index in [-0.39, 0.29) is 29.7 Å². The summed E-state index contributed by atoms with van der Waals surface area (Å²) in [5.41, 5.74) is 0. The lowest BCUT2D eigenvalue weighted by molar-refractivity contribution is -0.138. The summed E-state index contributed by atoms with van der Waals surface area (Å²) in [6.45, 7) is 4.54. The van der Waals surface area contributed by atoms with Crippen molar-refractivity contribution in [2.45, 2.75) is 31.6 Å². The minimum absolute atomic E-state index is 0.0394. The molecule has 14 heavy (non-hydrogen) atoms. The highest BCUT2D eigenvalue weighted by molar-refractivity contribution is 7.81. The molecule has 1 aliphatic heterocycles. The second-order valence-electron chi connectivity index (χ2n) is 3.61. The molecule has 4 nitrogen and oxygen atoms in total. The van der Waals surface area contributed by atoms with E-state index in [2.05, 4.69) is 17.9 Å². The van der Waals surface area contributed by atoms with Crippen molar-refractivity contribution in [1.29, 1.82) is 0 Å². The second-order valence-corrected chi connectivity index (χ2v) is 4.23. The number of piperazine rings is 1. The molecule has 0 aromatic heterocycles. The third-order valence-corrected chi connectivity index (χ3v) is 2.81. The first kappa shape index (κ1) is 11.4. The average molecular weight is 216 g/mol. The zero-order valence-electron chi connectivity index (χ0n) is 8.49. The standard InChI is InChI=1S/C9H16N2O2S/c1-3-7(14)9(13)11-4-6(2)10-8(12)5-11/h6-7,14H,3-5H2,1-2H3,(H,10,12). The van der Waals surface area contributed by atoms with E-state index in [9.17, 15) is 9.59 Å². The van der Waals surface area contributed by atoms with Crippen molar-refractivity contribution in [3.05, 3.63) is 0 Å². The zero-order valence-corrected chi connectivity index (χ0v) is 9.38. The molecule has 2 unspecified atom stereocenters. The van der Waals surface area contributed by atoms with Crippen LogP contribution in [0.1, 0.15) is 20.3 Å². The summed E-state index contributed by atoms with van der Waals surface area (Å²) in [6, 6.07) is 0.0394. The molecule has 0 spiro atoms. The highest BCUT2D eigenvalue weighted by Crippen LogP contribution is 2.08. The van der Waals surface area contributed by atoms with Crippen LogP contribution in [0.5, 0.6) is 0 Å². The van der Waals surface area contributed by atoms with Crippen LogP contribution in [-0.2, 0) is 9.59 Å². The van der Waals surface area contributed by atoms with Gasteiger partial charge in [0.05, 0.1) is 11.8 Å². The van der Waals surface area contributed by atoms with E-state index in [0.717, 1.165) is 0 Å². The quantitative estimate of drug-likeness (QED) is 0.640. The second kappa shape index (κ2) is 4.68. The number of nitrogens with zero attached hydrogens (tertiary/aromatic N) is 1. The number of hydrogen-bond donors (Lipinski definition) is 2. The van der Waals surface area contributed by atoms with Gasteiger partial charge in [0.15, 0.2) is 0 Å². The molecule has 2 atom stereocenters. The van der Waals surface area contributed by atoms with Crippen molar-refractivity contribution in [1.82, 2.24) is 10.2 Å². The van der Waals surface area contributed by atoms with Crippen LogP contribution < -0.4 is 5.32 Å². The fourth-order valence-corrected chi connectivity index (χ4v) is 1.65. The van der Waals surface area contributed by atoms with Crippen LogP contribution >= 0.6 is 12.6 Å². The van der Waals surface area contributed by atoms with Crippen molar-refractivity contribution < 1.29 is 9.59 Å². The molecule has 2 amide bonds. The number of carbonyl (C=O) groups excluding carboxylic acids is 2. The molecular formula is C9H16N2O2S. The van der Waals surface area contributed by atoms with E-state index in [1.165, 1.54) is 0 Å². The van der Waals surface area contributed by atoms with E-state index in [1.54, 1.807) is 4.90 Å². The van der Waals surface area contributed by atoms with Crippen LogP contribution in [0.3, 0.4) is 0 Å². The Kier molecular flexibility index (Phi) is 3.80. The smallest absolute Gasteiger partial charge is 0.239 e. The Morgan fingerprint density at radius 1 is 1.79 bits per heavy atom. The molecule has 0 saturated carbocycles. The van der Waals surface area contributed by atoms with Gasteiger partial charge in [0.2, 0.25) is 11.8 Å². The molecule has 1 aliphatic rings. The Morgan fingerprint density at radius 3 is 2.93 bits per heavy atom. The van der Waals surface area contributed by atoms with Gasteiger partial charge in [-0.25, -0.2) is 0 Å². The highest BCUT2D eigenvalue weighted by atomic mass is 32.1. The average Bonchev–Trinajstić information content (AvgIpc) is 2.14. The Morgan fingerprint density at radius 2 is 2.43 bits per heavy atom. The van der Waals surface area contributed by atoms with Crippen LogP contribution in [0, 0.1) is 0 Å². The molecular weight excluding hydrogens is 200 g/mol. The summed E-state index contributed by atoms with van der Waals surface area (Å²) in [7, 11) is 0. The molecule has 1 heterocycles. The van der Waals surface area contributed by atoms with Gasteiger partial charge >= 0.3 is 0 Å². The van der Waals surface area contributed by atoms with Crippen LogP contribution in [0.4, 0.5) is 0 Å². The molecule has 1 saturated heterocycles. The molecule has 0 aromatic rings. The molecule has 1 fully saturated rings. The Balaban J connectivity index is 2.59. The third kappa shape index (κ3) is 2.64. The first-order chi connectivity index (χ1) is 6.54. The van der Waals surface area contributed by atoms with Gasteiger partial charge in [-0.15, -0.1) is 0 Å². The first-order valence-electron chi connectivity index (χ1n) is 4.80. The van der Waals surface area contributed by atoms with Crippen molar-refractivity contribution in [3.63, 3.8) is 0 Å². The van der Waals surface area contributed by atoms with E-state index < -0.39 is 0 Å². The maximum Gasteiger partial charge on any atom is 0.239 e. The number of nitrogens with one attached hydrogen (secondary N) is 1. The van der Waals surface area contributed by atoms with Gasteiger partial charge < -0.3 is 10.2 Å².